The summed E-state index contributed by atoms with van der Waals surface area (Å²) in [5, 5.41) is 11.0. The maximum Gasteiger partial charge on any atom is 0.410 e. The second-order valence-electron chi connectivity index (χ2n) is 6.87. The van der Waals surface area contributed by atoms with E-state index in [1.54, 1.807) is 4.90 Å². The Bertz CT molecular complexity index is 495. The molecule has 4 heteroatoms. The minimum atomic E-state index is -0.875. The average molecular weight is 291 g/mol. The molecule has 2 atom stereocenters. The van der Waals surface area contributed by atoms with Crippen molar-refractivity contribution in [2.75, 3.05) is 13.1 Å². The van der Waals surface area contributed by atoms with E-state index < -0.39 is 11.2 Å². The second-order valence-corrected chi connectivity index (χ2v) is 6.87. The van der Waals surface area contributed by atoms with E-state index in [1.807, 2.05) is 58.0 Å². The Labute approximate surface area is 126 Å². The van der Waals surface area contributed by atoms with Gasteiger partial charge in [0.2, 0.25) is 0 Å². The number of nitrogens with zero attached hydrogens (tertiary/aromatic N) is 1. The molecule has 21 heavy (non-hydrogen) atoms. The highest BCUT2D eigenvalue weighted by atomic mass is 16.6. The van der Waals surface area contributed by atoms with E-state index in [9.17, 15) is 9.90 Å². The average Bonchev–Trinajstić information content (AvgIpc) is 2.41. The third-order valence-corrected chi connectivity index (χ3v) is 4.00. The van der Waals surface area contributed by atoms with E-state index in [1.165, 1.54) is 0 Å². The van der Waals surface area contributed by atoms with Crippen LogP contribution in [0.15, 0.2) is 30.3 Å². The van der Waals surface area contributed by atoms with Crippen LogP contribution in [0.25, 0.3) is 0 Å². The number of carbonyl (C=O) groups is 1. The first-order valence-corrected chi connectivity index (χ1v) is 7.48. The quantitative estimate of drug-likeness (QED) is 0.864. The van der Waals surface area contributed by atoms with Gasteiger partial charge in [-0.1, -0.05) is 37.3 Å². The molecule has 1 aromatic rings. The number of carbonyl (C=O) groups excluding carboxylic acids is 1. The van der Waals surface area contributed by atoms with E-state index in [2.05, 4.69) is 0 Å². The highest BCUT2D eigenvalue weighted by Crippen LogP contribution is 2.37. The minimum Gasteiger partial charge on any atom is -0.444 e. The number of hydrogen-bond acceptors (Lipinski definition) is 3. The molecule has 4 nitrogen and oxygen atoms in total. The number of amides is 1. The first-order chi connectivity index (χ1) is 9.72. The fourth-order valence-corrected chi connectivity index (χ4v) is 2.77. The summed E-state index contributed by atoms with van der Waals surface area (Å²) >= 11 is 0. The summed E-state index contributed by atoms with van der Waals surface area (Å²) in [6.07, 6.45) is 0.224. The molecule has 1 saturated heterocycles. The van der Waals surface area contributed by atoms with Gasteiger partial charge in [0.15, 0.2) is 0 Å². The molecule has 0 aliphatic carbocycles. The summed E-state index contributed by atoms with van der Waals surface area (Å²) < 4.78 is 5.40. The standard InChI is InChI=1S/C17H25NO3/c1-13-12-18(15(19)21-16(2,3)4)11-10-17(13,20)14-8-6-5-7-9-14/h5-9,13,20H,10-12H2,1-4H3/t13-,17+/m0/s1. The molecule has 1 heterocycles. The van der Waals surface area contributed by atoms with Gasteiger partial charge in [0, 0.05) is 19.0 Å². The highest BCUT2D eigenvalue weighted by molar-refractivity contribution is 5.68. The van der Waals surface area contributed by atoms with Crippen LogP contribution in [0.2, 0.25) is 0 Å². The van der Waals surface area contributed by atoms with Gasteiger partial charge in [0.25, 0.3) is 0 Å². The second kappa shape index (κ2) is 5.68. The highest BCUT2D eigenvalue weighted by Gasteiger charge is 2.42. The van der Waals surface area contributed by atoms with Crippen LogP contribution < -0.4 is 0 Å². The predicted molar refractivity (Wildman–Crippen MR) is 81.9 cm³/mol. The Morgan fingerprint density at radius 2 is 1.95 bits per heavy atom. The normalized spacial score (nSPS) is 26.5. The lowest BCUT2D eigenvalue weighted by molar-refractivity contribution is -0.0733. The minimum absolute atomic E-state index is 0.0406. The molecule has 1 aliphatic rings. The molecule has 1 aliphatic heterocycles. The summed E-state index contributed by atoms with van der Waals surface area (Å²) in [4.78, 5) is 13.8. The summed E-state index contributed by atoms with van der Waals surface area (Å²) in [6, 6.07) is 9.69. The molecule has 1 N–H and O–H groups in total. The molecular weight excluding hydrogens is 266 g/mol. The fourth-order valence-electron chi connectivity index (χ4n) is 2.77. The van der Waals surface area contributed by atoms with Crippen LogP contribution in [0.1, 0.15) is 39.7 Å². The van der Waals surface area contributed by atoms with Crippen LogP contribution in [-0.2, 0) is 10.3 Å². The number of hydrogen-bond donors (Lipinski definition) is 1. The third kappa shape index (κ3) is 3.56. The number of piperidine rings is 1. The molecule has 1 amide bonds. The Balaban J connectivity index is 2.07. The van der Waals surface area contributed by atoms with E-state index in [4.69, 9.17) is 4.74 Å². The van der Waals surface area contributed by atoms with Crippen LogP contribution in [0, 0.1) is 5.92 Å². The van der Waals surface area contributed by atoms with E-state index >= 15 is 0 Å². The number of ether oxygens (including phenoxy) is 1. The smallest absolute Gasteiger partial charge is 0.410 e. The number of rotatable bonds is 1. The molecular formula is C17H25NO3. The Kier molecular flexibility index (Phi) is 4.28. The van der Waals surface area contributed by atoms with Gasteiger partial charge in [0.1, 0.15) is 5.60 Å². The fraction of sp³-hybridized carbons (Fsp3) is 0.588. The molecule has 1 fully saturated rings. The zero-order valence-electron chi connectivity index (χ0n) is 13.3. The van der Waals surface area contributed by atoms with Gasteiger partial charge >= 0.3 is 6.09 Å². The van der Waals surface area contributed by atoms with Gasteiger partial charge in [-0.15, -0.1) is 0 Å². The Morgan fingerprint density at radius 1 is 1.33 bits per heavy atom. The molecule has 0 aromatic heterocycles. The van der Waals surface area contributed by atoms with E-state index in [0.717, 1.165) is 5.56 Å². The summed E-state index contributed by atoms with van der Waals surface area (Å²) in [7, 11) is 0. The lowest BCUT2D eigenvalue weighted by Gasteiger charge is -2.43. The maximum absolute atomic E-state index is 12.1. The van der Waals surface area contributed by atoms with Crippen LogP contribution in [0.5, 0.6) is 0 Å². The Hall–Kier alpha value is -1.55. The summed E-state index contributed by atoms with van der Waals surface area (Å²) in [5.41, 5.74) is -0.450. The van der Waals surface area contributed by atoms with Crippen molar-refractivity contribution in [2.24, 2.45) is 5.92 Å². The molecule has 2 rings (SSSR count). The molecule has 0 bridgehead atoms. The van der Waals surface area contributed by atoms with E-state index in [-0.39, 0.29) is 12.0 Å². The number of likely N-dealkylation sites (tertiary alicyclic amines) is 1. The van der Waals surface area contributed by atoms with Crippen LogP contribution in [0.4, 0.5) is 4.79 Å². The maximum atomic E-state index is 12.1. The van der Waals surface area contributed by atoms with Crippen molar-refractivity contribution in [3.8, 4) is 0 Å². The first-order valence-electron chi connectivity index (χ1n) is 7.48. The lowest BCUT2D eigenvalue weighted by atomic mass is 9.77. The van der Waals surface area contributed by atoms with Crippen molar-refractivity contribution in [1.29, 1.82) is 0 Å². The van der Waals surface area contributed by atoms with Gasteiger partial charge in [0.05, 0.1) is 5.60 Å². The first kappa shape index (κ1) is 15.8. The van der Waals surface area contributed by atoms with Crippen LogP contribution in [0.3, 0.4) is 0 Å². The van der Waals surface area contributed by atoms with Gasteiger partial charge in [-0.05, 0) is 32.8 Å². The third-order valence-electron chi connectivity index (χ3n) is 4.00. The molecule has 0 unspecified atom stereocenters. The van der Waals surface area contributed by atoms with Gasteiger partial charge in [-0.25, -0.2) is 4.79 Å². The zero-order valence-corrected chi connectivity index (χ0v) is 13.3. The van der Waals surface area contributed by atoms with Crippen LogP contribution in [-0.4, -0.2) is 34.8 Å². The SMILES string of the molecule is C[C@H]1CN(C(=O)OC(C)(C)C)CC[C@]1(O)c1ccccc1. The summed E-state index contributed by atoms with van der Waals surface area (Å²) in [6.45, 7) is 8.56. The van der Waals surface area contributed by atoms with Gasteiger partial charge < -0.3 is 14.7 Å². The van der Waals surface area contributed by atoms with Crippen molar-refractivity contribution < 1.29 is 14.6 Å². The van der Waals surface area contributed by atoms with E-state index in [0.29, 0.717) is 19.5 Å². The van der Waals surface area contributed by atoms with Crippen molar-refractivity contribution in [2.45, 2.75) is 45.3 Å². The Morgan fingerprint density at radius 3 is 2.48 bits per heavy atom. The monoisotopic (exact) mass is 291 g/mol. The van der Waals surface area contributed by atoms with Crippen molar-refractivity contribution in [3.05, 3.63) is 35.9 Å². The van der Waals surface area contributed by atoms with Crippen LogP contribution >= 0.6 is 0 Å². The number of benzene rings is 1. The summed E-state index contributed by atoms with van der Waals surface area (Å²) in [5.74, 6) is -0.0406. The van der Waals surface area contributed by atoms with Gasteiger partial charge in [-0.3, -0.25) is 0 Å². The molecule has 1 aromatic carbocycles. The van der Waals surface area contributed by atoms with Crippen molar-refractivity contribution >= 4 is 6.09 Å². The largest absolute Gasteiger partial charge is 0.444 e. The zero-order chi connectivity index (χ0) is 15.7. The number of aliphatic hydroxyl groups is 1. The molecule has 0 spiro atoms. The molecule has 116 valence electrons. The molecule has 0 saturated carbocycles. The predicted octanol–water partition coefficient (Wildman–Crippen LogP) is 3.15. The molecule has 0 radical (unpaired) electrons. The topological polar surface area (TPSA) is 49.8 Å². The van der Waals surface area contributed by atoms with Crippen molar-refractivity contribution in [1.82, 2.24) is 4.90 Å². The lowest BCUT2D eigenvalue weighted by Crippen LogP contribution is -2.51. The van der Waals surface area contributed by atoms with Gasteiger partial charge in [-0.2, -0.15) is 0 Å². The van der Waals surface area contributed by atoms with Crippen molar-refractivity contribution in [3.63, 3.8) is 0 Å².